The fourth-order valence-corrected chi connectivity index (χ4v) is 2.03. The van der Waals surface area contributed by atoms with Crippen LogP contribution in [0.25, 0.3) is 0 Å². The van der Waals surface area contributed by atoms with Crippen LogP contribution in [0.4, 0.5) is 17.3 Å². The first-order chi connectivity index (χ1) is 9.60. The Morgan fingerprint density at radius 1 is 1.35 bits per heavy atom. The summed E-state index contributed by atoms with van der Waals surface area (Å²) in [6.07, 6.45) is 0. The summed E-state index contributed by atoms with van der Waals surface area (Å²) in [5, 5.41) is 16.1. The lowest BCUT2D eigenvalue weighted by molar-refractivity contribution is -0.384. The zero-order chi connectivity index (χ0) is 14.5. The van der Waals surface area contributed by atoms with E-state index >= 15 is 0 Å². The van der Waals surface area contributed by atoms with Crippen LogP contribution in [0.15, 0.2) is 12.1 Å². The summed E-state index contributed by atoms with van der Waals surface area (Å²) < 4.78 is 0. The molecule has 8 nitrogen and oxygen atoms in total. The van der Waals surface area contributed by atoms with Gasteiger partial charge < -0.3 is 10.2 Å². The van der Waals surface area contributed by atoms with Crippen molar-refractivity contribution in [3.05, 3.63) is 22.2 Å². The Hall–Kier alpha value is -1.93. The average Bonchev–Trinajstić information content (AvgIpc) is 2.42. The molecular formula is C12H20N6O2. The van der Waals surface area contributed by atoms with Crippen molar-refractivity contribution in [1.29, 1.82) is 0 Å². The second kappa shape index (κ2) is 6.49. The molecule has 0 saturated carbocycles. The SMILES string of the molecule is CCNc1ccc([N+](=O)[O-])c(NN2CCN(C)CC2)n1. The van der Waals surface area contributed by atoms with Gasteiger partial charge in [-0.1, -0.05) is 0 Å². The summed E-state index contributed by atoms with van der Waals surface area (Å²) in [4.78, 5) is 17.1. The van der Waals surface area contributed by atoms with Gasteiger partial charge in [0.2, 0.25) is 5.82 Å². The third-order valence-electron chi connectivity index (χ3n) is 3.20. The zero-order valence-electron chi connectivity index (χ0n) is 11.8. The number of rotatable bonds is 5. The van der Waals surface area contributed by atoms with Crippen molar-refractivity contribution >= 4 is 17.3 Å². The number of hydrogen-bond donors (Lipinski definition) is 2. The molecular weight excluding hydrogens is 260 g/mol. The predicted octanol–water partition coefficient (Wildman–Crippen LogP) is 0.996. The quantitative estimate of drug-likeness (QED) is 0.614. The summed E-state index contributed by atoms with van der Waals surface area (Å²) in [5.74, 6) is 0.924. The van der Waals surface area contributed by atoms with Crippen molar-refractivity contribution in [3.8, 4) is 0 Å². The van der Waals surface area contributed by atoms with Crippen LogP contribution in [-0.4, -0.2) is 59.6 Å². The molecule has 0 radical (unpaired) electrons. The molecule has 8 heteroatoms. The van der Waals surface area contributed by atoms with Gasteiger partial charge in [-0.3, -0.25) is 15.5 Å². The summed E-state index contributed by atoms with van der Waals surface area (Å²) in [5.41, 5.74) is 3.06. The van der Waals surface area contributed by atoms with Crippen LogP contribution >= 0.6 is 0 Å². The molecule has 1 fully saturated rings. The van der Waals surface area contributed by atoms with Crippen molar-refractivity contribution in [2.75, 3.05) is 50.5 Å². The molecule has 1 saturated heterocycles. The molecule has 110 valence electrons. The lowest BCUT2D eigenvalue weighted by atomic mass is 10.3. The number of aromatic nitrogens is 1. The Labute approximate surface area is 117 Å². The highest BCUT2D eigenvalue weighted by Gasteiger charge is 2.20. The van der Waals surface area contributed by atoms with Gasteiger partial charge in [0.05, 0.1) is 4.92 Å². The highest BCUT2D eigenvalue weighted by Crippen LogP contribution is 2.24. The van der Waals surface area contributed by atoms with E-state index in [0.29, 0.717) is 5.82 Å². The maximum absolute atomic E-state index is 11.1. The van der Waals surface area contributed by atoms with E-state index in [2.05, 4.69) is 27.7 Å². The number of nitrogens with zero attached hydrogens (tertiary/aromatic N) is 4. The van der Waals surface area contributed by atoms with E-state index in [1.165, 1.54) is 6.07 Å². The van der Waals surface area contributed by atoms with Crippen molar-refractivity contribution < 1.29 is 4.92 Å². The van der Waals surface area contributed by atoms with E-state index in [1.807, 2.05) is 11.9 Å². The third kappa shape index (κ3) is 3.55. The normalized spacial score (nSPS) is 16.9. The van der Waals surface area contributed by atoms with Gasteiger partial charge in [-0.15, -0.1) is 0 Å². The van der Waals surface area contributed by atoms with Gasteiger partial charge in [-0.05, 0) is 20.0 Å². The summed E-state index contributed by atoms with van der Waals surface area (Å²) in [6, 6.07) is 3.10. The number of likely N-dealkylation sites (N-methyl/N-ethyl adjacent to an activating group) is 1. The van der Waals surface area contributed by atoms with Crippen LogP contribution in [0.2, 0.25) is 0 Å². The summed E-state index contributed by atoms with van der Waals surface area (Å²) in [7, 11) is 2.06. The Bertz CT molecular complexity index is 473. The topological polar surface area (TPSA) is 86.6 Å². The molecule has 0 bridgehead atoms. The van der Waals surface area contributed by atoms with Crippen molar-refractivity contribution in [3.63, 3.8) is 0 Å². The summed E-state index contributed by atoms with van der Waals surface area (Å²) in [6.45, 7) is 6.14. The molecule has 0 spiro atoms. The maximum atomic E-state index is 11.1. The largest absolute Gasteiger partial charge is 0.370 e. The number of hydrogen-bond acceptors (Lipinski definition) is 7. The molecule has 1 aromatic rings. The van der Waals surface area contributed by atoms with Crippen molar-refractivity contribution in [2.24, 2.45) is 0 Å². The lowest BCUT2D eigenvalue weighted by Crippen LogP contribution is -2.47. The van der Waals surface area contributed by atoms with Gasteiger partial charge in [-0.25, -0.2) is 9.99 Å². The predicted molar refractivity (Wildman–Crippen MR) is 77.7 cm³/mol. The first kappa shape index (κ1) is 14.5. The van der Waals surface area contributed by atoms with Gasteiger partial charge in [0.1, 0.15) is 5.82 Å². The van der Waals surface area contributed by atoms with E-state index in [9.17, 15) is 10.1 Å². The molecule has 2 heterocycles. The molecule has 0 unspecified atom stereocenters. The fraction of sp³-hybridized carbons (Fsp3) is 0.583. The lowest BCUT2D eigenvalue weighted by Gasteiger charge is -2.32. The molecule has 0 atom stereocenters. The average molecular weight is 280 g/mol. The highest BCUT2D eigenvalue weighted by molar-refractivity contribution is 5.59. The molecule has 1 aliphatic heterocycles. The number of pyridine rings is 1. The molecule has 2 N–H and O–H groups in total. The van der Waals surface area contributed by atoms with Crippen molar-refractivity contribution in [1.82, 2.24) is 14.9 Å². The molecule has 1 aliphatic rings. The molecule has 0 aromatic carbocycles. The number of piperazine rings is 1. The smallest absolute Gasteiger partial charge is 0.312 e. The Kier molecular flexibility index (Phi) is 4.70. The monoisotopic (exact) mass is 280 g/mol. The van der Waals surface area contributed by atoms with Gasteiger partial charge in [0.15, 0.2) is 0 Å². The number of anilines is 2. The second-order valence-electron chi connectivity index (χ2n) is 4.75. The molecule has 0 aliphatic carbocycles. The van der Waals surface area contributed by atoms with Crippen molar-refractivity contribution in [2.45, 2.75) is 6.92 Å². The Balaban J connectivity index is 2.14. The first-order valence-electron chi connectivity index (χ1n) is 6.69. The minimum absolute atomic E-state index is 0.00872. The number of nitrogens with one attached hydrogen (secondary N) is 2. The van der Waals surface area contributed by atoms with E-state index in [4.69, 9.17) is 0 Å². The van der Waals surface area contributed by atoms with E-state index in [1.54, 1.807) is 6.07 Å². The summed E-state index contributed by atoms with van der Waals surface area (Å²) >= 11 is 0. The number of nitro groups is 1. The van der Waals surface area contributed by atoms with Gasteiger partial charge >= 0.3 is 5.69 Å². The molecule has 1 aromatic heterocycles. The van der Waals surface area contributed by atoms with Crippen LogP contribution in [0.5, 0.6) is 0 Å². The van der Waals surface area contributed by atoms with Gasteiger partial charge in [0.25, 0.3) is 0 Å². The molecule has 2 rings (SSSR count). The molecule has 20 heavy (non-hydrogen) atoms. The van der Waals surface area contributed by atoms with Crippen LogP contribution in [0.3, 0.4) is 0 Å². The van der Waals surface area contributed by atoms with Gasteiger partial charge in [0, 0.05) is 38.8 Å². The number of hydrazine groups is 1. The standard InChI is InChI=1S/C12H20N6O2/c1-3-13-11-5-4-10(18(19)20)12(14-11)15-17-8-6-16(2)7-9-17/h4-5H,3,6-9H2,1-2H3,(H2,13,14,15). The zero-order valence-corrected chi connectivity index (χ0v) is 11.8. The van der Waals surface area contributed by atoms with Crippen LogP contribution in [0, 0.1) is 10.1 Å². The fourth-order valence-electron chi connectivity index (χ4n) is 2.03. The highest BCUT2D eigenvalue weighted by atomic mass is 16.6. The second-order valence-corrected chi connectivity index (χ2v) is 4.75. The van der Waals surface area contributed by atoms with E-state index in [0.717, 1.165) is 32.7 Å². The van der Waals surface area contributed by atoms with E-state index < -0.39 is 4.92 Å². The third-order valence-corrected chi connectivity index (χ3v) is 3.20. The Morgan fingerprint density at radius 3 is 2.65 bits per heavy atom. The molecule has 0 amide bonds. The minimum atomic E-state index is -0.416. The van der Waals surface area contributed by atoms with Crippen LogP contribution in [-0.2, 0) is 0 Å². The maximum Gasteiger partial charge on any atom is 0.312 e. The Morgan fingerprint density at radius 2 is 2.05 bits per heavy atom. The first-order valence-corrected chi connectivity index (χ1v) is 6.69. The minimum Gasteiger partial charge on any atom is -0.370 e. The van der Waals surface area contributed by atoms with Crippen LogP contribution in [0.1, 0.15) is 6.92 Å². The van der Waals surface area contributed by atoms with E-state index in [-0.39, 0.29) is 11.5 Å². The van der Waals surface area contributed by atoms with Gasteiger partial charge in [-0.2, -0.15) is 0 Å². The van der Waals surface area contributed by atoms with Crippen LogP contribution < -0.4 is 10.7 Å².